The number of halogens is 1. The van der Waals surface area contributed by atoms with E-state index in [1.165, 1.54) is 30.4 Å². The van der Waals surface area contributed by atoms with Gasteiger partial charge in [-0.15, -0.1) is 0 Å². The van der Waals surface area contributed by atoms with Gasteiger partial charge in [0.05, 0.1) is 0 Å². The fourth-order valence-corrected chi connectivity index (χ4v) is 3.95. The Morgan fingerprint density at radius 2 is 1.86 bits per heavy atom. The molecule has 0 bridgehead atoms. The first-order chi connectivity index (χ1) is 10.5. The predicted octanol–water partition coefficient (Wildman–Crippen LogP) is 6.35. The summed E-state index contributed by atoms with van der Waals surface area (Å²) in [6.07, 6.45) is 4.76. The number of benzene rings is 2. The van der Waals surface area contributed by atoms with Crippen LogP contribution in [0.3, 0.4) is 0 Å². The third kappa shape index (κ3) is 2.69. The van der Waals surface area contributed by atoms with Crippen LogP contribution in [-0.2, 0) is 6.42 Å². The number of hydrogen-bond acceptors (Lipinski definition) is 0. The standard InChI is InChI=1S/C21H25F/c1-4-15-11-12-16(17-8-5-6-10-20(17)22)18(14-15)19-9-7-13-21(19,2)3/h5-6,8,10-12,14,19H,4,7,9,13H2,1-3H3. The lowest BCUT2D eigenvalue weighted by atomic mass is 9.75. The van der Waals surface area contributed by atoms with E-state index < -0.39 is 0 Å². The number of rotatable bonds is 3. The Bertz CT molecular complexity index is 669. The van der Waals surface area contributed by atoms with Crippen molar-refractivity contribution >= 4 is 0 Å². The second kappa shape index (κ2) is 5.87. The molecule has 0 saturated heterocycles. The van der Waals surface area contributed by atoms with Crippen molar-refractivity contribution < 1.29 is 4.39 Å². The van der Waals surface area contributed by atoms with Gasteiger partial charge in [-0.3, -0.25) is 0 Å². The molecule has 1 saturated carbocycles. The van der Waals surface area contributed by atoms with Gasteiger partial charge in [-0.25, -0.2) is 4.39 Å². The molecular formula is C21H25F. The van der Waals surface area contributed by atoms with Gasteiger partial charge in [-0.1, -0.05) is 63.6 Å². The summed E-state index contributed by atoms with van der Waals surface area (Å²) in [7, 11) is 0. The Kier molecular flexibility index (Phi) is 4.08. The van der Waals surface area contributed by atoms with Gasteiger partial charge in [0.25, 0.3) is 0 Å². The van der Waals surface area contributed by atoms with Crippen molar-refractivity contribution in [2.45, 2.75) is 52.4 Å². The summed E-state index contributed by atoms with van der Waals surface area (Å²) < 4.78 is 14.3. The third-order valence-electron chi connectivity index (χ3n) is 5.32. The molecule has 3 rings (SSSR count). The Balaban J connectivity index is 2.17. The Labute approximate surface area is 133 Å². The molecule has 0 spiro atoms. The molecule has 0 heterocycles. The van der Waals surface area contributed by atoms with Crippen LogP contribution in [0.25, 0.3) is 11.1 Å². The highest BCUT2D eigenvalue weighted by molar-refractivity contribution is 5.69. The Morgan fingerprint density at radius 3 is 2.50 bits per heavy atom. The van der Waals surface area contributed by atoms with Gasteiger partial charge in [0, 0.05) is 5.56 Å². The van der Waals surface area contributed by atoms with Crippen molar-refractivity contribution in [2.24, 2.45) is 5.41 Å². The molecule has 2 aromatic carbocycles. The van der Waals surface area contributed by atoms with Crippen molar-refractivity contribution in [3.05, 3.63) is 59.4 Å². The lowest BCUT2D eigenvalue weighted by Crippen LogP contribution is -2.16. The van der Waals surface area contributed by atoms with Gasteiger partial charge < -0.3 is 0 Å². The van der Waals surface area contributed by atoms with Crippen LogP contribution in [-0.4, -0.2) is 0 Å². The SMILES string of the molecule is CCc1ccc(-c2ccccc2F)c(C2CCCC2(C)C)c1. The average molecular weight is 296 g/mol. The zero-order chi connectivity index (χ0) is 15.7. The van der Waals surface area contributed by atoms with Gasteiger partial charge in [0.15, 0.2) is 0 Å². The van der Waals surface area contributed by atoms with Crippen LogP contribution >= 0.6 is 0 Å². The largest absolute Gasteiger partial charge is 0.206 e. The van der Waals surface area contributed by atoms with Gasteiger partial charge >= 0.3 is 0 Å². The summed E-state index contributed by atoms with van der Waals surface area (Å²) in [5.41, 5.74) is 4.80. The van der Waals surface area contributed by atoms with E-state index in [0.717, 1.165) is 17.5 Å². The summed E-state index contributed by atoms with van der Waals surface area (Å²) in [6.45, 7) is 6.89. The maximum absolute atomic E-state index is 14.3. The minimum atomic E-state index is -0.121. The van der Waals surface area contributed by atoms with E-state index in [2.05, 4.69) is 39.0 Å². The molecule has 1 aliphatic carbocycles. The van der Waals surface area contributed by atoms with Crippen molar-refractivity contribution in [1.29, 1.82) is 0 Å². The van der Waals surface area contributed by atoms with Crippen LogP contribution in [0.2, 0.25) is 0 Å². The normalized spacial score (nSPS) is 20.3. The monoisotopic (exact) mass is 296 g/mol. The van der Waals surface area contributed by atoms with E-state index in [-0.39, 0.29) is 5.82 Å². The van der Waals surface area contributed by atoms with Crippen LogP contribution in [0.1, 0.15) is 57.1 Å². The molecule has 1 unspecified atom stereocenters. The Morgan fingerprint density at radius 1 is 1.09 bits per heavy atom. The van der Waals surface area contributed by atoms with E-state index >= 15 is 0 Å². The lowest BCUT2D eigenvalue weighted by molar-refractivity contribution is 0.332. The van der Waals surface area contributed by atoms with Crippen LogP contribution < -0.4 is 0 Å². The summed E-state index contributed by atoms with van der Waals surface area (Å²) in [5.74, 6) is 0.400. The second-order valence-electron chi connectivity index (χ2n) is 7.19. The van der Waals surface area contributed by atoms with Crippen LogP contribution in [0.5, 0.6) is 0 Å². The topological polar surface area (TPSA) is 0 Å². The maximum Gasteiger partial charge on any atom is 0.131 e. The van der Waals surface area contributed by atoms with E-state index in [1.807, 2.05) is 12.1 Å². The van der Waals surface area contributed by atoms with E-state index in [4.69, 9.17) is 0 Å². The molecule has 0 aromatic heterocycles. The van der Waals surface area contributed by atoms with Crippen LogP contribution in [0.4, 0.5) is 4.39 Å². The molecule has 0 amide bonds. The molecule has 0 nitrogen and oxygen atoms in total. The molecular weight excluding hydrogens is 271 g/mol. The maximum atomic E-state index is 14.3. The fourth-order valence-electron chi connectivity index (χ4n) is 3.95. The smallest absolute Gasteiger partial charge is 0.131 e. The molecule has 22 heavy (non-hydrogen) atoms. The van der Waals surface area contributed by atoms with Crippen LogP contribution in [0.15, 0.2) is 42.5 Å². The molecule has 0 N–H and O–H groups in total. The van der Waals surface area contributed by atoms with E-state index in [0.29, 0.717) is 11.3 Å². The summed E-state index contributed by atoms with van der Waals surface area (Å²) in [5, 5.41) is 0. The fraction of sp³-hybridized carbons (Fsp3) is 0.429. The van der Waals surface area contributed by atoms with Gasteiger partial charge in [-0.05, 0) is 53.4 Å². The van der Waals surface area contributed by atoms with Crippen molar-refractivity contribution in [2.75, 3.05) is 0 Å². The van der Waals surface area contributed by atoms with Gasteiger partial charge in [0.2, 0.25) is 0 Å². The Hall–Kier alpha value is -1.63. The average Bonchev–Trinajstić information content (AvgIpc) is 2.86. The zero-order valence-electron chi connectivity index (χ0n) is 13.8. The van der Waals surface area contributed by atoms with E-state index in [1.54, 1.807) is 12.1 Å². The molecule has 1 atom stereocenters. The van der Waals surface area contributed by atoms with Crippen LogP contribution in [0, 0.1) is 11.2 Å². The van der Waals surface area contributed by atoms with Crippen molar-refractivity contribution in [1.82, 2.24) is 0 Å². The minimum Gasteiger partial charge on any atom is -0.206 e. The third-order valence-corrected chi connectivity index (χ3v) is 5.32. The molecule has 116 valence electrons. The molecule has 1 aliphatic rings. The predicted molar refractivity (Wildman–Crippen MR) is 91.6 cm³/mol. The number of hydrogen-bond donors (Lipinski definition) is 0. The zero-order valence-corrected chi connectivity index (χ0v) is 13.8. The lowest BCUT2D eigenvalue weighted by Gasteiger charge is -2.29. The van der Waals surface area contributed by atoms with Gasteiger partial charge in [0.1, 0.15) is 5.82 Å². The first-order valence-electron chi connectivity index (χ1n) is 8.40. The quantitative estimate of drug-likeness (QED) is 0.619. The first-order valence-corrected chi connectivity index (χ1v) is 8.40. The van der Waals surface area contributed by atoms with Crippen molar-refractivity contribution in [3.8, 4) is 11.1 Å². The summed E-state index contributed by atoms with van der Waals surface area (Å²) in [4.78, 5) is 0. The highest BCUT2D eigenvalue weighted by Crippen LogP contribution is 2.51. The molecule has 2 aromatic rings. The number of aryl methyl sites for hydroxylation is 1. The molecule has 0 aliphatic heterocycles. The van der Waals surface area contributed by atoms with Gasteiger partial charge in [-0.2, -0.15) is 0 Å². The minimum absolute atomic E-state index is 0.121. The molecule has 1 heteroatoms. The van der Waals surface area contributed by atoms with Crippen molar-refractivity contribution in [3.63, 3.8) is 0 Å². The summed E-state index contributed by atoms with van der Waals surface area (Å²) >= 11 is 0. The molecule has 1 fully saturated rings. The highest BCUT2D eigenvalue weighted by Gasteiger charge is 2.36. The highest BCUT2D eigenvalue weighted by atomic mass is 19.1. The van der Waals surface area contributed by atoms with E-state index in [9.17, 15) is 4.39 Å². The second-order valence-corrected chi connectivity index (χ2v) is 7.19. The first kappa shape index (κ1) is 15.3. The summed E-state index contributed by atoms with van der Waals surface area (Å²) in [6, 6.07) is 13.7. The molecule has 0 radical (unpaired) electrons.